The van der Waals surface area contributed by atoms with Gasteiger partial charge in [0.25, 0.3) is 0 Å². The number of aliphatic imine (C=N–C) groups is 1. The maximum atomic E-state index is 13.1. The predicted molar refractivity (Wildman–Crippen MR) is 347 cm³/mol. The number of rotatable bonds is 11. The number of likely N-dealkylation sites (tertiary alicyclic amines) is 6. The highest BCUT2D eigenvalue weighted by Gasteiger charge is 2.39. The summed E-state index contributed by atoms with van der Waals surface area (Å²) in [5.74, 6) is 4.07. The number of nitrogens with zero attached hydrogens (tertiary/aromatic N) is 8. The number of urea groups is 2. The highest BCUT2D eigenvalue weighted by molar-refractivity contribution is 9.11. The lowest BCUT2D eigenvalue weighted by Gasteiger charge is -2.43. The fourth-order valence-corrected chi connectivity index (χ4v) is 16.9. The van der Waals surface area contributed by atoms with Crippen molar-refractivity contribution in [1.29, 1.82) is 0 Å². The molecular formula is C65H85Br3Cl2N10O4. The molecule has 6 aliphatic heterocycles. The molecule has 2 unspecified atom stereocenters. The van der Waals surface area contributed by atoms with Crippen molar-refractivity contribution in [2.24, 2.45) is 52.0 Å². The van der Waals surface area contributed by atoms with Crippen LogP contribution in [0.25, 0.3) is 0 Å². The van der Waals surface area contributed by atoms with Crippen LogP contribution in [0.3, 0.4) is 0 Å². The van der Waals surface area contributed by atoms with Crippen molar-refractivity contribution in [2.45, 2.75) is 128 Å². The summed E-state index contributed by atoms with van der Waals surface area (Å²) in [6, 6.07) is 12.4. The fourth-order valence-electron chi connectivity index (χ4n) is 15.5. The van der Waals surface area contributed by atoms with E-state index in [9.17, 15) is 19.2 Å². The molecule has 2 aliphatic carbocycles. The van der Waals surface area contributed by atoms with Crippen LogP contribution in [-0.4, -0.2) is 148 Å². The van der Waals surface area contributed by atoms with Crippen molar-refractivity contribution in [3.8, 4) is 0 Å². The van der Waals surface area contributed by atoms with E-state index in [1.54, 1.807) is 9.80 Å². The van der Waals surface area contributed by atoms with E-state index in [0.29, 0.717) is 74.5 Å². The number of halogens is 5. The number of amides is 6. The molecule has 2 atom stereocenters. The molecule has 84 heavy (non-hydrogen) atoms. The number of aryl methyl sites for hydroxylation is 2. The number of pyridine rings is 1. The Hall–Kier alpha value is -3.84. The number of fused-ring (bicyclic) bond motifs is 3. The minimum atomic E-state index is -0.349. The summed E-state index contributed by atoms with van der Waals surface area (Å²) in [7, 11) is 0. The first-order chi connectivity index (χ1) is 40.7. The number of primary amides is 2. The second kappa shape index (κ2) is 29.4. The van der Waals surface area contributed by atoms with Gasteiger partial charge in [0.1, 0.15) is 0 Å². The lowest BCUT2D eigenvalue weighted by molar-refractivity contribution is -0.135. The Morgan fingerprint density at radius 1 is 0.595 bits per heavy atom. The highest BCUT2D eigenvalue weighted by atomic mass is 79.9. The molecule has 0 bridgehead atoms. The summed E-state index contributed by atoms with van der Waals surface area (Å²) in [4.78, 5) is 71.7. The summed E-state index contributed by atoms with van der Waals surface area (Å²) in [5.41, 5.74) is 20.9. The topological polar surface area (TPSA) is 165 Å². The van der Waals surface area contributed by atoms with Gasteiger partial charge >= 0.3 is 12.1 Å². The molecule has 6 saturated heterocycles. The van der Waals surface area contributed by atoms with Gasteiger partial charge in [-0.1, -0.05) is 63.9 Å². The molecule has 1 aromatic heterocycles. The molecule has 0 radical (unpaired) electrons. The molecule has 6 amide bonds. The molecule has 6 fully saturated rings. The van der Waals surface area contributed by atoms with Gasteiger partial charge < -0.3 is 31.1 Å². The third-order valence-electron chi connectivity index (χ3n) is 20.4. The molecule has 0 spiro atoms. The van der Waals surface area contributed by atoms with Gasteiger partial charge in [0, 0.05) is 96.9 Å². The number of alkyl halides is 1. The van der Waals surface area contributed by atoms with Gasteiger partial charge in [-0.05, 0) is 254 Å². The molecule has 454 valence electrons. The molecule has 8 aliphatic rings. The van der Waals surface area contributed by atoms with Crippen LogP contribution >= 0.6 is 71.0 Å². The SMILES string of the molecule is C=CC1=C(N=CCBr)C(N2CCC(C3CCN(C(=O)CC4CCN(C(N)=O)CC4)CC3)CC2)c2ccc(Cl)cc2CC1.NC(=O)N1CCC(CC(=O)N2CCC(C3CCN(C4c5ccc(Cl)c(Br)c5CCc5cc(Br)cnc54)CC3)CC2)CC1. The van der Waals surface area contributed by atoms with Crippen LogP contribution in [0, 0.1) is 35.5 Å². The average molecular weight is 1380 g/mol. The quantitative estimate of drug-likeness (QED) is 0.142. The van der Waals surface area contributed by atoms with Crippen molar-refractivity contribution in [1.82, 2.24) is 34.4 Å². The van der Waals surface area contributed by atoms with Crippen LogP contribution in [-0.2, 0) is 28.9 Å². The smallest absolute Gasteiger partial charge is 0.314 e. The van der Waals surface area contributed by atoms with E-state index in [2.05, 4.69) is 98.2 Å². The summed E-state index contributed by atoms with van der Waals surface area (Å²) in [6.07, 6.45) is 23.5. The number of carbonyl (C=O) groups is 4. The summed E-state index contributed by atoms with van der Waals surface area (Å²) < 4.78 is 2.05. The van der Waals surface area contributed by atoms with Crippen LogP contribution in [0.2, 0.25) is 10.0 Å². The third-order valence-corrected chi connectivity index (χ3v) is 22.8. The molecular weight excluding hydrogens is 1300 g/mol. The fraction of sp³-hybridized carbons (Fsp3) is 0.600. The van der Waals surface area contributed by atoms with E-state index in [1.165, 1.54) is 64.8 Å². The zero-order chi connectivity index (χ0) is 59.0. The lowest BCUT2D eigenvalue weighted by atomic mass is 9.78. The first-order valence-corrected chi connectivity index (χ1v) is 34.6. The van der Waals surface area contributed by atoms with Crippen LogP contribution in [0.4, 0.5) is 9.59 Å². The van der Waals surface area contributed by atoms with Crippen molar-refractivity contribution in [3.05, 3.63) is 119 Å². The number of carbonyl (C=O) groups excluding carboxylic acids is 4. The molecule has 3 aromatic rings. The number of nitrogens with two attached hydrogens (primary N) is 2. The van der Waals surface area contributed by atoms with Gasteiger partial charge in [0.2, 0.25) is 11.8 Å². The van der Waals surface area contributed by atoms with E-state index in [1.807, 2.05) is 30.6 Å². The van der Waals surface area contributed by atoms with Crippen molar-refractivity contribution < 1.29 is 19.2 Å². The highest BCUT2D eigenvalue weighted by Crippen LogP contribution is 2.46. The maximum Gasteiger partial charge on any atom is 0.314 e. The van der Waals surface area contributed by atoms with E-state index < -0.39 is 0 Å². The summed E-state index contributed by atoms with van der Waals surface area (Å²) in [6.45, 7) is 14.5. The van der Waals surface area contributed by atoms with Gasteiger partial charge in [0.05, 0.1) is 28.5 Å². The van der Waals surface area contributed by atoms with Crippen LogP contribution < -0.4 is 11.5 Å². The molecule has 0 saturated carbocycles. The zero-order valence-corrected chi connectivity index (χ0v) is 55.0. The van der Waals surface area contributed by atoms with Crippen LogP contribution in [0.1, 0.15) is 142 Å². The predicted octanol–water partition coefficient (Wildman–Crippen LogP) is 12.9. The van der Waals surface area contributed by atoms with Gasteiger partial charge in [-0.3, -0.25) is 29.4 Å². The van der Waals surface area contributed by atoms with Crippen molar-refractivity contribution in [2.75, 3.05) is 83.9 Å². The van der Waals surface area contributed by atoms with Gasteiger partial charge in [-0.15, -0.1) is 0 Å². The molecule has 7 heterocycles. The first-order valence-electron chi connectivity index (χ1n) is 31.1. The van der Waals surface area contributed by atoms with Crippen LogP contribution in [0.15, 0.2) is 80.5 Å². The Balaban J connectivity index is 0.000000187. The van der Waals surface area contributed by atoms with E-state index in [-0.39, 0.29) is 36.0 Å². The normalized spacial score (nSPS) is 23.3. The zero-order valence-electron chi connectivity index (χ0n) is 48.7. The van der Waals surface area contributed by atoms with Gasteiger partial charge in [0.15, 0.2) is 0 Å². The monoisotopic (exact) mass is 1380 g/mol. The second-order valence-corrected chi connectivity index (χ2v) is 28.2. The Labute approximate surface area is 533 Å². The minimum absolute atomic E-state index is 0.110. The Morgan fingerprint density at radius 3 is 1.57 bits per heavy atom. The molecule has 19 heteroatoms. The van der Waals surface area contributed by atoms with Crippen LogP contribution in [0.5, 0.6) is 0 Å². The number of benzene rings is 2. The number of hydrogen-bond donors (Lipinski definition) is 2. The molecule has 11 rings (SSSR count). The number of aromatic nitrogens is 1. The minimum Gasteiger partial charge on any atom is -0.351 e. The second-order valence-electron chi connectivity index (χ2n) is 25.0. The van der Waals surface area contributed by atoms with Gasteiger partial charge in [-0.2, -0.15) is 0 Å². The van der Waals surface area contributed by atoms with Gasteiger partial charge in [-0.25, -0.2) is 9.59 Å². The Kier molecular flexibility index (Phi) is 22.1. The van der Waals surface area contributed by atoms with E-state index in [4.69, 9.17) is 44.6 Å². The number of piperidine rings is 6. The lowest BCUT2D eigenvalue weighted by Crippen LogP contribution is -2.45. The number of allylic oxidation sites excluding steroid dienone is 2. The first kappa shape index (κ1) is 63.2. The summed E-state index contributed by atoms with van der Waals surface area (Å²) in [5, 5.41) is 2.28. The molecule has 4 N–H and O–H groups in total. The van der Waals surface area contributed by atoms with Crippen molar-refractivity contribution >= 4 is 101 Å². The molecule has 14 nitrogen and oxygen atoms in total. The standard InChI is InChI=1S/C33H45BrClN5O2.C32H40Br2ClN5O2/c1-2-24-3-4-27-22-28(35)5-6-29(27)32(31(24)37-14-13-34)39-19-11-26(12-20-39)25-9-17-38(18-10-25)30(41)21-23-7-15-40(16-8-23)33(36)42;33-24-18-23-1-2-25-26(3-4-27(35)29(25)34)31(30(23)37-19-24)39-15-9-22(10-16-39)21-7-13-38(14-8-21)28(41)17-20-5-11-40(12-6-20)32(36)42/h2,5-6,14,22-23,25-26,32H,1,3-4,7-13,15-21H2,(H2,36,42);3-4,18-22,31H,1-2,5-17H2,(H2,36,42). The summed E-state index contributed by atoms with van der Waals surface area (Å²) >= 11 is 23.9. The average Bonchev–Trinajstić information content (AvgIpc) is 3.52. The van der Waals surface area contributed by atoms with E-state index >= 15 is 0 Å². The Bertz CT molecular complexity index is 2900. The molecule has 2 aromatic carbocycles. The Morgan fingerprint density at radius 2 is 1.07 bits per heavy atom. The largest absolute Gasteiger partial charge is 0.351 e. The van der Waals surface area contributed by atoms with E-state index in [0.717, 1.165) is 159 Å². The number of hydrogen-bond acceptors (Lipinski definition) is 8. The maximum absolute atomic E-state index is 13.1. The third kappa shape index (κ3) is 15.2. The van der Waals surface area contributed by atoms with Crippen molar-refractivity contribution in [3.63, 3.8) is 0 Å².